The molecule has 0 amide bonds. The number of hydrogen-bond donors (Lipinski definition) is 0. The smallest absolute Gasteiger partial charge is 0.298 e. The number of Topliss-reactive ketones (excluding diaryl/α,β-unsaturated/α-hetero) is 1. The summed E-state index contributed by atoms with van der Waals surface area (Å²) < 4.78 is 38.9. The fraction of sp³-hybridized carbons (Fsp3) is 0.579. The van der Waals surface area contributed by atoms with Crippen molar-refractivity contribution in [2.45, 2.75) is 66.2 Å². The Bertz CT molecular complexity index is 728. The molecule has 2 rings (SSSR count). The van der Waals surface area contributed by atoms with Gasteiger partial charge in [-0.2, -0.15) is 17.9 Å². The van der Waals surface area contributed by atoms with Gasteiger partial charge in [-0.1, -0.05) is 32.9 Å². The standard InChI is InChI=1S/C17H22F3N5O.C2H6/c1-4-9-24(12(2)13(3)26)11-16-21-22-23-25(16)15-7-5-14(6-8-15)10-17(18,19)20;1-2/h5-8,12H,4,9-11H2,1-3H3;1-2H3/t12-;/m0./s1. The van der Waals surface area contributed by atoms with E-state index < -0.39 is 12.6 Å². The minimum absolute atomic E-state index is 0.0500. The Morgan fingerprint density at radius 1 is 1.21 bits per heavy atom. The quantitative estimate of drug-likeness (QED) is 0.672. The molecule has 2 aromatic rings. The summed E-state index contributed by atoms with van der Waals surface area (Å²) in [4.78, 5) is 13.7. The highest BCUT2D eigenvalue weighted by atomic mass is 19.4. The monoisotopic (exact) mass is 399 g/mol. The largest absolute Gasteiger partial charge is 0.393 e. The van der Waals surface area contributed by atoms with Gasteiger partial charge in [0, 0.05) is 0 Å². The molecule has 156 valence electrons. The van der Waals surface area contributed by atoms with Crippen molar-refractivity contribution in [3.8, 4) is 5.69 Å². The molecule has 9 heteroatoms. The molecule has 0 fully saturated rings. The maximum atomic E-state index is 12.5. The molecular formula is C19H28F3N5O. The molecule has 0 aliphatic heterocycles. The maximum Gasteiger partial charge on any atom is 0.393 e. The maximum absolute atomic E-state index is 12.5. The Balaban J connectivity index is 0.00000190. The Hall–Kier alpha value is -2.29. The van der Waals surface area contributed by atoms with Gasteiger partial charge in [0.1, 0.15) is 5.78 Å². The van der Waals surface area contributed by atoms with Crippen molar-refractivity contribution in [1.29, 1.82) is 0 Å². The average molecular weight is 399 g/mol. The van der Waals surface area contributed by atoms with Gasteiger partial charge in [0.15, 0.2) is 5.82 Å². The SMILES string of the molecule is CC.CCCN(Cc1nnnn1-c1ccc(CC(F)(F)F)cc1)[C@@H](C)C(C)=O. The molecule has 0 spiro atoms. The molecule has 0 radical (unpaired) electrons. The van der Waals surface area contributed by atoms with Crippen molar-refractivity contribution in [3.05, 3.63) is 35.7 Å². The third kappa shape index (κ3) is 7.03. The molecule has 28 heavy (non-hydrogen) atoms. The molecule has 0 bridgehead atoms. The van der Waals surface area contributed by atoms with Crippen LogP contribution < -0.4 is 0 Å². The van der Waals surface area contributed by atoms with Crippen LogP contribution >= 0.6 is 0 Å². The number of rotatable bonds is 8. The van der Waals surface area contributed by atoms with Gasteiger partial charge in [0.2, 0.25) is 0 Å². The van der Waals surface area contributed by atoms with Gasteiger partial charge in [0.25, 0.3) is 0 Å². The number of benzene rings is 1. The number of aromatic nitrogens is 4. The highest BCUT2D eigenvalue weighted by Crippen LogP contribution is 2.22. The van der Waals surface area contributed by atoms with Crippen LogP contribution in [0, 0.1) is 0 Å². The lowest BCUT2D eigenvalue weighted by Crippen LogP contribution is -2.38. The number of tetrazole rings is 1. The summed E-state index contributed by atoms with van der Waals surface area (Å²) in [6.07, 6.45) is -4.35. The van der Waals surface area contributed by atoms with E-state index in [1.54, 1.807) is 12.1 Å². The molecule has 0 aliphatic carbocycles. The van der Waals surface area contributed by atoms with Crippen molar-refractivity contribution in [3.63, 3.8) is 0 Å². The van der Waals surface area contributed by atoms with Gasteiger partial charge in [0.05, 0.1) is 24.7 Å². The minimum Gasteiger partial charge on any atom is -0.298 e. The van der Waals surface area contributed by atoms with Crippen LogP contribution in [0.4, 0.5) is 13.2 Å². The number of halogens is 3. The molecule has 1 heterocycles. The molecule has 0 N–H and O–H groups in total. The Morgan fingerprint density at radius 3 is 2.32 bits per heavy atom. The van der Waals surface area contributed by atoms with E-state index in [1.165, 1.54) is 23.7 Å². The molecule has 1 aromatic carbocycles. The molecule has 0 unspecified atom stereocenters. The molecule has 0 aliphatic rings. The number of alkyl halides is 3. The van der Waals surface area contributed by atoms with E-state index in [9.17, 15) is 18.0 Å². The van der Waals surface area contributed by atoms with E-state index in [0.717, 1.165) is 6.42 Å². The fourth-order valence-electron chi connectivity index (χ4n) is 2.63. The lowest BCUT2D eigenvalue weighted by molar-refractivity contribution is -0.127. The second kappa shape index (κ2) is 10.9. The summed E-state index contributed by atoms with van der Waals surface area (Å²) in [5, 5.41) is 11.6. The van der Waals surface area contributed by atoms with E-state index in [1.807, 2.05) is 32.6 Å². The van der Waals surface area contributed by atoms with Crippen LogP contribution in [-0.2, 0) is 17.8 Å². The summed E-state index contributed by atoms with van der Waals surface area (Å²) in [7, 11) is 0. The van der Waals surface area contributed by atoms with Crippen molar-refractivity contribution < 1.29 is 18.0 Å². The van der Waals surface area contributed by atoms with Crippen LogP contribution in [0.2, 0.25) is 0 Å². The van der Waals surface area contributed by atoms with Gasteiger partial charge >= 0.3 is 6.18 Å². The van der Waals surface area contributed by atoms with Crippen LogP contribution in [0.5, 0.6) is 0 Å². The van der Waals surface area contributed by atoms with E-state index >= 15 is 0 Å². The normalized spacial score (nSPS) is 12.5. The molecular weight excluding hydrogens is 371 g/mol. The van der Waals surface area contributed by atoms with Gasteiger partial charge in [-0.3, -0.25) is 9.69 Å². The van der Waals surface area contributed by atoms with Crippen molar-refractivity contribution in [2.24, 2.45) is 0 Å². The van der Waals surface area contributed by atoms with Gasteiger partial charge < -0.3 is 0 Å². The van der Waals surface area contributed by atoms with Gasteiger partial charge in [-0.15, -0.1) is 5.10 Å². The third-order valence-corrected chi connectivity index (χ3v) is 4.11. The van der Waals surface area contributed by atoms with Crippen molar-refractivity contribution in [2.75, 3.05) is 6.54 Å². The van der Waals surface area contributed by atoms with Gasteiger partial charge in [-0.25, -0.2) is 0 Å². The summed E-state index contributed by atoms with van der Waals surface area (Å²) in [5.41, 5.74) is 0.747. The van der Waals surface area contributed by atoms with E-state index in [2.05, 4.69) is 15.5 Å². The second-order valence-electron chi connectivity index (χ2n) is 6.22. The number of ketones is 1. The van der Waals surface area contributed by atoms with Crippen molar-refractivity contribution in [1.82, 2.24) is 25.1 Å². The Labute approximate surface area is 163 Å². The predicted octanol–water partition coefficient (Wildman–Crippen LogP) is 3.98. The van der Waals surface area contributed by atoms with Crippen LogP contribution in [0.15, 0.2) is 24.3 Å². The molecule has 0 saturated carbocycles. The minimum atomic E-state index is -4.25. The number of carbonyl (C=O) groups excluding carboxylic acids is 1. The molecule has 0 saturated heterocycles. The Kier molecular flexibility index (Phi) is 9.24. The molecule has 6 nitrogen and oxygen atoms in total. The number of hydrogen-bond acceptors (Lipinski definition) is 5. The lowest BCUT2D eigenvalue weighted by atomic mass is 10.1. The molecule has 1 atom stereocenters. The highest BCUT2D eigenvalue weighted by molar-refractivity contribution is 5.80. The van der Waals surface area contributed by atoms with Crippen LogP contribution in [-0.4, -0.2) is 49.7 Å². The van der Waals surface area contributed by atoms with E-state index in [-0.39, 0.29) is 17.4 Å². The third-order valence-electron chi connectivity index (χ3n) is 4.11. The first kappa shape index (κ1) is 23.7. The average Bonchev–Trinajstić information content (AvgIpc) is 3.10. The summed E-state index contributed by atoms with van der Waals surface area (Å²) >= 11 is 0. The van der Waals surface area contributed by atoms with Crippen molar-refractivity contribution >= 4 is 5.78 Å². The zero-order valence-electron chi connectivity index (χ0n) is 17.0. The first-order valence-corrected chi connectivity index (χ1v) is 9.39. The zero-order valence-corrected chi connectivity index (χ0v) is 17.0. The number of carbonyl (C=O) groups is 1. The Morgan fingerprint density at radius 2 is 1.82 bits per heavy atom. The van der Waals surface area contributed by atoms with Crippen LogP contribution in [0.1, 0.15) is 52.4 Å². The molecule has 1 aromatic heterocycles. The van der Waals surface area contributed by atoms with E-state index in [0.29, 0.717) is 24.6 Å². The van der Waals surface area contributed by atoms with Crippen LogP contribution in [0.25, 0.3) is 5.69 Å². The topological polar surface area (TPSA) is 63.9 Å². The summed E-state index contributed by atoms with van der Waals surface area (Å²) in [5.74, 6) is 0.573. The van der Waals surface area contributed by atoms with Gasteiger partial charge in [-0.05, 0) is 54.9 Å². The first-order valence-electron chi connectivity index (χ1n) is 9.39. The summed E-state index contributed by atoms with van der Waals surface area (Å²) in [6.45, 7) is 10.5. The predicted molar refractivity (Wildman–Crippen MR) is 101 cm³/mol. The summed E-state index contributed by atoms with van der Waals surface area (Å²) in [6, 6.07) is 5.67. The first-order chi connectivity index (χ1) is 13.2. The second-order valence-corrected chi connectivity index (χ2v) is 6.22. The highest BCUT2D eigenvalue weighted by Gasteiger charge is 2.27. The lowest BCUT2D eigenvalue weighted by Gasteiger charge is -2.26. The van der Waals surface area contributed by atoms with Crippen LogP contribution in [0.3, 0.4) is 0 Å². The number of nitrogens with zero attached hydrogens (tertiary/aromatic N) is 5. The fourth-order valence-corrected chi connectivity index (χ4v) is 2.63. The van der Waals surface area contributed by atoms with E-state index in [4.69, 9.17) is 0 Å². The zero-order chi connectivity index (χ0) is 21.3.